The molecule has 3 rings (SSSR count). The third kappa shape index (κ3) is 4.06. The fourth-order valence-electron chi connectivity index (χ4n) is 3.00. The molecule has 3 atom stereocenters. The molecule has 1 amide bonds. The van der Waals surface area contributed by atoms with Crippen LogP contribution in [0.15, 0.2) is 30.3 Å². The molecule has 1 aliphatic rings. The molecular formula is C18H20F4N4O. The zero-order valence-corrected chi connectivity index (χ0v) is 14.8. The summed E-state index contributed by atoms with van der Waals surface area (Å²) in [6.07, 6.45) is -4.16. The topological polar surface area (TPSA) is 59.0 Å². The number of aromatic nitrogens is 2. The minimum absolute atomic E-state index is 0.0770. The van der Waals surface area contributed by atoms with E-state index in [0.717, 1.165) is 4.68 Å². The van der Waals surface area contributed by atoms with Crippen LogP contribution < -0.4 is 10.6 Å². The molecule has 146 valence electrons. The zero-order chi connectivity index (χ0) is 19.8. The third-order valence-corrected chi connectivity index (χ3v) is 4.68. The summed E-state index contributed by atoms with van der Waals surface area (Å²) in [6, 6.07) is 3.95. The fraction of sp³-hybridized carbons (Fsp3) is 0.444. The molecule has 0 bridgehead atoms. The van der Waals surface area contributed by atoms with Crippen molar-refractivity contribution < 1.29 is 22.4 Å². The smallest absolute Gasteiger partial charge is 0.363 e. The van der Waals surface area contributed by atoms with Crippen LogP contribution in [0.3, 0.4) is 0 Å². The first-order valence-corrected chi connectivity index (χ1v) is 8.68. The van der Waals surface area contributed by atoms with E-state index in [-0.39, 0.29) is 24.0 Å². The van der Waals surface area contributed by atoms with Crippen LogP contribution in [0.4, 0.5) is 23.4 Å². The van der Waals surface area contributed by atoms with E-state index in [9.17, 15) is 22.4 Å². The van der Waals surface area contributed by atoms with Gasteiger partial charge < -0.3 is 10.6 Å². The number of alkyl halides is 3. The molecule has 0 aliphatic carbocycles. The molecule has 1 aromatic carbocycles. The maximum Gasteiger partial charge on any atom is 0.410 e. The number of anilines is 1. The van der Waals surface area contributed by atoms with Gasteiger partial charge in [0.15, 0.2) is 11.7 Å². The van der Waals surface area contributed by atoms with Gasteiger partial charge in [-0.15, -0.1) is 0 Å². The van der Waals surface area contributed by atoms with Gasteiger partial charge in [0.1, 0.15) is 11.6 Å². The number of nitrogens with one attached hydrogen (secondary N) is 2. The van der Waals surface area contributed by atoms with Crippen LogP contribution in [-0.2, 0) is 0 Å². The first kappa shape index (κ1) is 19.2. The lowest BCUT2D eigenvalue weighted by molar-refractivity contribution is -0.173. The first-order valence-electron chi connectivity index (χ1n) is 8.68. The predicted molar refractivity (Wildman–Crippen MR) is 91.9 cm³/mol. The Bertz CT molecular complexity index is 816. The molecule has 0 saturated carbocycles. The van der Waals surface area contributed by atoms with Crippen LogP contribution >= 0.6 is 0 Å². The molecule has 2 heterocycles. The van der Waals surface area contributed by atoms with E-state index < -0.39 is 30.0 Å². The van der Waals surface area contributed by atoms with Crippen LogP contribution in [0, 0.1) is 5.82 Å². The van der Waals surface area contributed by atoms with Crippen LogP contribution in [0.5, 0.6) is 0 Å². The second kappa shape index (κ2) is 7.21. The summed E-state index contributed by atoms with van der Waals surface area (Å²) in [7, 11) is 0. The molecule has 0 radical (unpaired) electrons. The second-order valence-electron chi connectivity index (χ2n) is 6.68. The number of hydrogen-bond donors (Lipinski definition) is 2. The summed E-state index contributed by atoms with van der Waals surface area (Å²) in [5, 5.41) is 9.56. The monoisotopic (exact) mass is 384 g/mol. The summed E-state index contributed by atoms with van der Waals surface area (Å²) < 4.78 is 54.7. The van der Waals surface area contributed by atoms with Crippen molar-refractivity contribution in [3.8, 4) is 0 Å². The van der Waals surface area contributed by atoms with E-state index in [0.29, 0.717) is 12.0 Å². The summed E-state index contributed by atoms with van der Waals surface area (Å²) in [5.41, 5.74) is 0.454. The second-order valence-corrected chi connectivity index (χ2v) is 6.68. The Morgan fingerprint density at radius 2 is 2.04 bits per heavy atom. The van der Waals surface area contributed by atoms with Gasteiger partial charge in [0.2, 0.25) is 0 Å². The molecule has 3 unspecified atom stereocenters. The summed E-state index contributed by atoms with van der Waals surface area (Å²) in [4.78, 5) is 12.2. The highest BCUT2D eigenvalue weighted by atomic mass is 19.4. The average Bonchev–Trinajstić information content (AvgIpc) is 3.04. The molecule has 9 heteroatoms. The van der Waals surface area contributed by atoms with E-state index in [1.165, 1.54) is 30.3 Å². The number of amides is 1. The Hall–Kier alpha value is -2.58. The van der Waals surface area contributed by atoms with Gasteiger partial charge in [-0.2, -0.15) is 18.3 Å². The maximum absolute atomic E-state index is 13.6. The van der Waals surface area contributed by atoms with Gasteiger partial charge in [0.05, 0.1) is 6.04 Å². The van der Waals surface area contributed by atoms with Gasteiger partial charge in [-0.05, 0) is 31.0 Å². The molecule has 2 N–H and O–H groups in total. The standard InChI is InChI=1S/C18H20F4N4O/c1-3-10(2)23-17(27)14-9-16-24-13(11-4-6-12(19)7-5-11)8-15(18(20,21)22)26(16)25-14/h4-7,9-10,13,15,24H,3,8H2,1-2H3,(H,23,27). The number of carbonyl (C=O) groups is 1. The largest absolute Gasteiger partial charge is 0.410 e. The summed E-state index contributed by atoms with van der Waals surface area (Å²) in [6.45, 7) is 3.69. The summed E-state index contributed by atoms with van der Waals surface area (Å²) >= 11 is 0. The zero-order valence-electron chi connectivity index (χ0n) is 14.8. The Morgan fingerprint density at radius 1 is 1.37 bits per heavy atom. The lowest BCUT2D eigenvalue weighted by atomic mass is 9.97. The van der Waals surface area contributed by atoms with E-state index >= 15 is 0 Å². The van der Waals surface area contributed by atoms with E-state index in [2.05, 4.69) is 15.7 Å². The van der Waals surface area contributed by atoms with Crippen LogP contribution in [-0.4, -0.2) is 27.9 Å². The van der Waals surface area contributed by atoms with Crippen molar-refractivity contribution in [1.29, 1.82) is 0 Å². The van der Waals surface area contributed by atoms with Crippen molar-refractivity contribution in [2.75, 3.05) is 5.32 Å². The first-order chi connectivity index (χ1) is 12.7. The Labute approximate surface area is 153 Å². The number of halogens is 4. The van der Waals surface area contributed by atoms with Gasteiger partial charge in [-0.3, -0.25) is 4.79 Å². The predicted octanol–water partition coefficient (Wildman–Crippen LogP) is 4.21. The highest BCUT2D eigenvalue weighted by Gasteiger charge is 2.46. The summed E-state index contributed by atoms with van der Waals surface area (Å²) in [5.74, 6) is -0.879. The lowest BCUT2D eigenvalue weighted by Gasteiger charge is -2.33. The highest BCUT2D eigenvalue weighted by Crippen LogP contribution is 2.43. The maximum atomic E-state index is 13.6. The number of carbonyl (C=O) groups excluding carboxylic acids is 1. The molecule has 0 saturated heterocycles. The van der Waals surface area contributed by atoms with Crippen molar-refractivity contribution in [3.05, 3.63) is 47.4 Å². The van der Waals surface area contributed by atoms with Crippen molar-refractivity contribution in [1.82, 2.24) is 15.1 Å². The minimum atomic E-state index is -4.54. The molecule has 1 aliphatic heterocycles. The molecule has 5 nitrogen and oxygen atoms in total. The van der Waals surface area contributed by atoms with Crippen molar-refractivity contribution in [2.24, 2.45) is 0 Å². The molecule has 2 aromatic rings. The van der Waals surface area contributed by atoms with Crippen molar-refractivity contribution in [2.45, 2.75) is 51.0 Å². The van der Waals surface area contributed by atoms with Gasteiger partial charge in [-0.1, -0.05) is 19.1 Å². The SMILES string of the molecule is CCC(C)NC(=O)c1cc2n(n1)C(C(F)(F)F)CC(c1ccc(F)cc1)N2. The Balaban J connectivity index is 1.93. The van der Waals surface area contributed by atoms with Crippen molar-refractivity contribution >= 4 is 11.7 Å². The van der Waals surface area contributed by atoms with E-state index in [1.807, 2.05) is 6.92 Å². The number of hydrogen-bond acceptors (Lipinski definition) is 3. The Kier molecular flexibility index (Phi) is 5.12. The van der Waals surface area contributed by atoms with E-state index in [4.69, 9.17) is 0 Å². The lowest BCUT2D eigenvalue weighted by Crippen LogP contribution is -2.36. The number of fused-ring (bicyclic) bond motifs is 1. The van der Waals surface area contributed by atoms with Gasteiger partial charge >= 0.3 is 6.18 Å². The molecule has 27 heavy (non-hydrogen) atoms. The Morgan fingerprint density at radius 3 is 2.63 bits per heavy atom. The van der Waals surface area contributed by atoms with Gasteiger partial charge in [-0.25, -0.2) is 9.07 Å². The molecule has 0 fully saturated rings. The third-order valence-electron chi connectivity index (χ3n) is 4.68. The fourth-order valence-corrected chi connectivity index (χ4v) is 3.00. The number of nitrogens with zero attached hydrogens (tertiary/aromatic N) is 2. The number of rotatable bonds is 4. The van der Waals surface area contributed by atoms with Crippen LogP contribution in [0.1, 0.15) is 54.8 Å². The van der Waals surface area contributed by atoms with Crippen LogP contribution in [0.25, 0.3) is 0 Å². The molecule has 0 spiro atoms. The average molecular weight is 384 g/mol. The normalized spacial score (nSPS) is 20.5. The molecule has 1 aromatic heterocycles. The molecular weight excluding hydrogens is 364 g/mol. The van der Waals surface area contributed by atoms with Crippen molar-refractivity contribution in [3.63, 3.8) is 0 Å². The quantitative estimate of drug-likeness (QED) is 0.777. The van der Waals surface area contributed by atoms with Crippen LogP contribution in [0.2, 0.25) is 0 Å². The van der Waals surface area contributed by atoms with E-state index in [1.54, 1.807) is 6.92 Å². The number of benzene rings is 1. The minimum Gasteiger partial charge on any atom is -0.363 e. The van der Waals surface area contributed by atoms with Gasteiger partial charge in [0, 0.05) is 18.5 Å². The van der Waals surface area contributed by atoms with Gasteiger partial charge in [0.25, 0.3) is 5.91 Å². The highest BCUT2D eigenvalue weighted by molar-refractivity contribution is 5.93.